The van der Waals surface area contributed by atoms with Crippen molar-refractivity contribution in [1.82, 2.24) is 0 Å². The van der Waals surface area contributed by atoms with E-state index in [9.17, 15) is 5.11 Å². The van der Waals surface area contributed by atoms with Gasteiger partial charge in [-0.25, -0.2) is 0 Å². The number of methoxy groups -OCH3 is 1. The third kappa shape index (κ3) is 2.54. The molecule has 21 heavy (non-hydrogen) atoms. The Morgan fingerprint density at radius 3 is 2.67 bits per heavy atom. The molecule has 3 rings (SSSR count). The lowest BCUT2D eigenvalue weighted by Crippen LogP contribution is -2.17. The molecular weight excluding hydrogens is 268 g/mol. The van der Waals surface area contributed by atoms with Gasteiger partial charge in [0.1, 0.15) is 25.1 Å². The van der Waals surface area contributed by atoms with Gasteiger partial charge in [0.15, 0.2) is 11.5 Å². The normalized spacial score (nSPS) is 14.6. The predicted octanol–water partition coefficient (Wildman–Crippen LogP) is 2.86. The van der Waals surface area contributed by atoms with Crippen LogP contribution < -0.4 is 14.2 Å². The summed E-state index contributed by atoms with van der Waals surface area (Å²) in [7, 11) is 1.63. The van der Waals surface area contributed by atoms with Crippen LogP contribution in [0.1, 0.15) is 22.8 Å². The molecule has 0 saturated heterocycles. The Labute approximate surface area is 123 Å². The zero-order valence-electron chi connectivity index (χ0n) is 12.1. The second-order valence-corrected chi connectivity index (χ2v) is 5.00. The molecule has 0 saturated carbocycles. The van der Waals surface area contributed by atoms with Gasteiger partial charge in [-0.15, -0.1) is 0 Å². The molecule has 110 valence electrons. The lowest BCUT2D eigenvalue weighted by Gasteiger charge is -2.24. The number of benzene rings is 2. The summed E-state index contributed by atoms with van der Waals surface area (Å²) in [6.45, 7) is 2.99. The molecule has 0 spiro atoms. The number of fused-ring (bicyclic) bond motifs is 1. The summed E-state index contributed by atoms with van der Waals surface area (Å²) in [5.74, 6) is 2.09. The second kappa shape index (κ2) is 5.66. The van der Waals surface area contributed by atoms with Crippen molar-refractivity contribution < 1.29 is 19.3 Å². The van der Waals surface area contributed by atoms with Crippen LogP contribution in [0.15, 0.2) is 36.4 Å². The van der Waals surface area contributed by atoms with Gasteiger partial charge in [0.05, 0.1) is 7.11 Å². The predicted molar refractivity (Wildman–Crippen MR) is 79.2 cm³/mol. The van der Waals surface area contributed by atoms with Gasteiger partial charge in [0, 0.05) is 5.56 Å². The van der Waals surface area contributed by atoms with Crippen LogP contribution in [0, 0.1) is 6.92 Å². The van der Waals surface area contributed by atoms with E-state index in [2.05, 4.69) is 0 Å². The van der Waals surface area contributed by atoms with Crippen molar-refractivity contribution in [3.05, 3.63) is 53.1 Å². The highest BCUT2D eigenvalue weighted by atomic mass is 16.6. The van der Waals surface area contributed by atoms with Crippen molar-refractivity contribution in [3.63, 3.8) is 0 Å². The quantitative estimate of drug-likeness (QED) is 0.942. The molecule has 2 aromatic rings. The van der Waals surface area contributed by atoms with Crippen LogP contribution in [0.4, 0.5) is 0 Å². The summed E-state index contributed by atoms with van der Waals surface area (Å²) < 4.78 is 16.4. The lowest BCUT2D eigenvalue weighted by atomic mass is 9.96. The number of ether oxygens (including phenoxy) is 3. The molecule has 0 fully saturated rings. The highest BCUT2D eigenvalue weighted by molar-refractivity contribution is 5.52. The molecule has 0 aromatic heterocycles. The van der Waals surface area contributed by atoms with E-state index in [0.29, 0.717) is 24.7 Å². The van der Waals surface area contributed by atoms with Gasteiger partial charge < -0.3 is 19.3 Å². The fourth-order valence-corrected chi connectivity index (χ4v) is 2.56. The zero-order chi connectivity index (χ0) is 14.8. The van der Waals surface area contributed by atoms with E-state index in [0.717, 1.165) is 22.4 Å². The molecule has 4 nitrogen and oxygen atoms in total. The SMILES string of the molecule is COc1ccc(C(O)c2cccc3c2OCCO3)c(C)c1. The van der Waals surface area contributed by atoms with Crippen LogP contribution in [-0.4, -0.2) is 25.4 Å². The summed E-state index contributed by atoms with van der Waals surface area (Å²) >= 11 is 0. The smallest absolute Gasteiger partial charge is 0.167 e. The molecule has 0 amide bonds. The first-order valence-corrected chi connectivity index (χ1v) is 6.92. The number of aliphatic hydroxyl groups is 1. The average molecular weight is 286 g/mol. The second-order valence-electron chi connectivity index (χ2n) is 5.00. The molecule has 1 heterocycles. The van der Waals surface area contributed by atoms with Crippen molar-refractivity contribution >= 4 is 0 Å². The Bertz CT molecular complexity index is 651. The maximum atomic E-state index is 10.7. The van der Waals surface area contributed by atoms with Crippen molar-refractivity contribution in [2.45, 2.75) is 13.0 Å². The van der Waals surface area contributed by atoms with E-state index in [1.807, 2.05) is 43.3 Å². The summed E-state index contributed by atoms with van der Waals surface area (Å²) in [5.41, 5.74) is 2.52. The van der Waals surface area contributed by atoms with Gasteiger partial charge in [-0.3, -0.25) is 0 Å². The molecule has 0 aliphatic carbocycles. The maximum absolute atomic E-state index is 10.7. The fraction of sp³-hybridized carbons (Fsp3) is 0.294. The van der Waals surface area contributed by atoms with Gasteiger partial charge in [-0.05, 0) is 36.2 Å². The highest BCUT2D eigenvalue weighted by Crippen LogP contribution is 2.39. The van der Waals surface area contributed by atoms with E-state index in [4.69, 9.17) is 14.2 Å². The number of rotatable bonds is 3. The van der Waals surface area contributed by atoms with E-state index in [-0.39, 0.29) is 0 Å². The van der Waals surface area contributed by atoms with Crippen molar-refractivity contribution in [3.8, 4) is 17.2 Å². The fourth-order valence-electron chi connectivity index (χ4n) is 2.56. The van der Waals surface area contributed by atoms with Crippen molar-refractivity contribution in [2.75, 3.05) is 20.3 Å². The van der Waals surface area contributed by atoms with Crippen molar-refractivity contribution in [2.24, 2.45) is 0 Å². The topological polar surface area (TPSA) is 47.9 Å². The minimum atomic E-state index is -0.757. The Morgan fingerprint density at radius 2 is 1.90 bits per heavy atom. The van der Waals surface area contributed by atoms with Crippen LogP contribution in [0.5, 0.6) is 17.2 Å². The molecule has 2 aromatic carbocycles. The average Bonchev–Trinajstić information content (AvgIpc) is 2.53. The third-order valence-corrected chi connectivity index (χ3v) is 3.66. The zero-order valence-corrected chi connectivity index (χ0v) is 12.1. The third-order valence-electron chi connectivity index (χ3n) is 3.66. The van der Waals surface area contributed by atoms with E-state index < -0.39 is 6.10 Å². The Kier molecular flexibility index (Phi) is 3.71. The van der Waals surface area contributed by atoms with Crippen LogP contribution in [0.3, 0.4) is 0 Å². The molecule has 4 heteroatoms. The van der Waals surface area contributed by atoms with Gasteiger partial charge in [-0.2, -0.15) is 0 Å². The molecule has 1 atom stereocenters. The van der Waals surface area contributed by atoms with E-state index in [1.54, 1.807) is 7.11 Å². The molecule has 1 N–H and O–H groups in total. The molecule has 0 bridgehead atoms. The Hall–Kier alpha value is -2.20. The first-order chi connectivity index (χ1) is 10.2. The van der Waals surface area contributed by atoms with Gasteiger partial charge in [0.25, 0.3) is 0 Å². The summed E-state index contributed by atoms with van der Waals surface area (Å²) in [6.07, 6.45) is -0.757. The summed E-state index contributed by atoms with van der Waals surface area (Å²) in [5, 5.41) is 10.7. The number of aliphatic hydroxyl groups excluding tert-OH is 1. The van der Waals surface area contributed by atoms with Crippen LogP contribution in [0.25, 0.3) is 0 Å². The van der Waals surface area contributed by atoms with Gasteiger partial charge >= 0.3 is 0 Å². The number of aryl methyl sites for hydroxylation is 1. The van der Waals surface area contributed by atoms with Crippen LogP contribution in [0.2, 0.25) is 0 Å². The molecule has 0 radical (unpaired) electrons. The minimum Gasteiger partial charge on any atom is -0.497 e. The van der Waals surface area contributed by atoms with Gasteiger partial charge in [0.2, 0.25) is 0 Å². The van der Waals surface area contributed by atoms with Gasteiger partial charge in [-0.1, -0.05) is 18.2 Å². The van der Waals surface area contributed by atoms with E-state index in [1.165, 1.54) is 0 Å². The van der Waals surface area contributed by atoms with Crippen LogP contribution >= 0.6 is 0 Å². The molecule has 1 aliphatic heterocycles. The molecule has 1 unspecified atom stereocenters. The first-order valence-electron chi connectivity index (χ1n) is 6.92. The standard InChI is InChI=1S/C17H18O4/c1-11-10-12(19-2)6-7-13(11)16(18)14-4-3-5-15-17(14)21-9-8-20-15/h3-7,10,16,18H,8-9H2,1-2H3. The largest absolute Gasteiger partial charge is 0.497 e. The van der Waals surface area contributed by atoms with E-state index >= 15 is 0 Å². The molecular formula is C17H18O4. The lowest BCUT2D eigenvalue weighted by molar-refractivity contribution is 0.158. The summed E-state index contributed by atoms with van der Waals surface area (Å²) in [6, 6.07) is 11.2. The van der Waals surface area contributed by atoms with Crippen LogP contribution in [-0.2, 0) is 0 Å². The number of hydrogen-bond donors (Lipinski definition) is 1. The molecule has 1 aliphatic rings. The Morgan fingerprint density at radius 1 is 1.10 bits per heavy atom. The number of para-hydroxylation sites is 1. The highest BCUT2D eigenvalue weighted by Gasteiger charge is 2.22. The monoisotopic (exact) mass is 286 g/mol. The first kappa shape index (κ1) is 13.8. The van der Waals surface area contributed by atoms with Crippen molar-refractivity contribution in [1.29, 1.82) is 0 Å². The number of hydrogen-bond acceptors (Lipinski definition) is 4. The maximum Gasteiger partial charge on any atom is 0.167 e. The summed E-state index contributed by atoms with van der Waals surface area (Å²) in [4.78, 5) is 0. The Balaban J connectivity index is 2.01. The minimum absolute atomic E-state index is 0.498.